The second kappa shape index (κ2) is 8.26. The van der Waals surface area contributed by atoms with E-state index in [2.05, 4.69) is 6.58 Å². The summed E-state index contributed by atoms with van der Waals surface area (Å²) in [6.45, 7) is 3.77. The summed E-state index contributed by atoms with van der Waals surface area (Å²) in [5, 5.41) is 0. The molecule has 0 spiro atoms. The van der Waals surface area contributed by atoms with Gasteiger partial charge in [0, 0.05) is 0 Å². The number of allylic oxidation sites excluding steroid dienone is 1. The average Bonchev–Trinajstić information content (AvgIpc) is 2.65. The zero-order valence-corrected chi connectivity index (χ0v) is 14.6. The van der Waals surface area contributed by atoms with Crippen LogP contribution in [0.25, 0.3) is 11.1 Å². The van der Waals surface area contributed by atoms with Gasteiger partial charge in [0.2, 0.25) is 0 Å². The standard InChI is InChI=1S/C22H22F2O2/c1-2-3-15-4-6-17(7-5-15)22(25)26-19-11-8-16(9-12-19)18-10-13-20(23)21(24)14-18/h2,8-15,17H,1,3-7H2/t15-,17-. The highest BCUT2D eigenvalue weighted by atomic mass is 19.2. The number of benzene rings is 2. The lowest BCUT2D eigenvalue weighted by Gasteiger charge is -2.26. The Labute approximate surface area is 152 Å². The lowest BCUT2D eigenvalue weighted by Crippen LogP contribution is -2.25. The first-order valence-electron chi connectivity index (χ1n) is 8.95. The predicted molar refractivity (Wildman–Crippen MR) is 97.7 cm³/mol. The third-order valence-electron chi connectivity index (χ3n) is 5.01. The Morgan fingerprint density at radius 3 is 2.27 bits per heavy atom. The van der Waals surface area contributed by atoms with E-state index in [0.29, 0.717) is 17.2 Å². The summed E-state index contributed by atoms with van der Waals surface area (Å²) in [6, 6.07) is 10.6. The summed E-state index contributed by atoms with van der Waals surface area (Å²) in [7, 11) is 0. The summed E-state index contributed by atoms with van der Waals surface area (Å²) in [5.41, 5.74) is 1.30. The maximum Gasteiger partial charge on any atom is 0.314 e. The summed E-state index contributed by atoms with van der Waals surface area (Å²) < 4.78 is 31.9. The number of ether oxygens (including phenoxy) is 1. The first-order valence-corrected chi connectivity index (χ1v) is 8.95. The van der Waals surface area contributed by atoms with Gasteiger partial charge in [-0.05, 0) is 73.4 Å². The maximum absolute atomic E-state index is 13.3. The Bertz CT molecular complexity index is 775. The monoisotopic (exact) mass is 356 g/mol. The average molecular weight is 356 g/mol. The molecular weight excluding hydrogens is 334 g/mol. The fraction of sp³-hybridized carbons (Fsp3) is 0.318. The minimum absolute atomic E-state index is 0.0538. The zero-order valence-electron chi connectivity index (χ0n) is 14.6. The topological polar surface area (TPSA) is 26.3 Å². The van der Waals surface area contributed by atoms with Crippen LogP contribution in [0.5, 0.6) is 5.75 Å². The van der Waals surface area contributed by atoms with Crippen LogP contribution in [0.4, 0.5) is 8.78 Å². The van der Waals surface area contributed by atoms with Crippen molar-refractivity contribution in [1.29, 1.82) is 0 Å². The second-order valence-electron chi connectivity index (χ2n) is 6.82. The van der Waals surface area contributed by atoms with E-state index in [9.17, 15) is 13.6 Å². The molecule has 3 rings (SSSR count). The maximum atomic E-state index is 13.3. The van der Waals surface area contributed by atoms with E-state index in [-0.39, 0.29) is 11.9 Å². The van der Waals surface area contributed by atoms with Gasteiger partial charge in [-0.25, -0.2) is 8.78 Å². The molecule has 0 bridgehead atoms. The molecule has 1 aliphatic carbocycles. The molecule has 2 aromatic rings. The lowest BCUT2D eigenvalue weighted by atomic mass is 9.80. The number of esters is 1. The van der Waals surface area contributed by atoms with Gasteiger partial charge in [-0.3, -0.25) is 4.79 Å². The van der Waals surface area contributed by atoms with Crippen LogP contribution < -0.4 is 4.74 Å². The van der Waals surface area contributed by atoms with Crippen LogP contribution in [0, 0.1) is 23.5 Å². The molecule has 0 radical (unpaired) electrons. The van der Waals surface area contributed by atoms with E-state index in [1.807, 2.05) is 6.08 Å². The van der Waals surface area contributed by atoms with Crippen molar-refractivity contribution in [2.24, 2.45) is 11.8 Å². The summed E-state index contributed by atoms with van der Waals surface area (Å²) in [6.07, 6.45) is 6.71. The van der Waals surface area contributed by atoms with Gasteiger partial charge in [0.15, 0.2) is 11.6 Å². The molecule has 4 heteroatoms. The number of rotatable bonds is 5. The van der Waals surface area contributed by atoms with Crippen LogP contribution in [-0.2, 0) is 4.79 Å². The molecule has 0 amide bonds. The zero-order chi connectivity index (χ0) is 18.5. The summed E-state index contributed by atoms with van der Waals surface area (Å²) >= 11 is 0. The van der Waals surface area contributed by atoms with Crippen molar-refractivity contribution < 1.29 is 18.3 Å². The van der Waals surface area contributed by atoms with Crippen LogP contribution in [0.3, 0.4) is 0 Å². The van der Waals surface area contributed by atoms with Crippen molar-refractivity contribution in [3.8, 4) is 16.9 Å². The highest BCUT2D eigenvalue weighted by molar-refractivity contribution is 5.75. The van der Waals surface area contributed by atoms with Crippen molar-refractivity contribution in [2.75, 3.05) is 0 Å². The van der Waals surface area contributed by atoms with E-state index >= 15 is 0 Å². The Balaban J connectivity index is 1.59. The van der Waals surface area contributed by atoms with Gasteiger partial charge in [0.25, 0.3) is 0 Å². The quantitative estimate of drug-likeness (QED) is 0.378. The SMILES string of the molecule is C=CC[C@H]1CC[C@H](C(=O)Oc2ccc(-c3ccc(F)c(F)c3)cc2)CC1. The molecule has 0 saturated heterocycles. The molecule has 0 N–H and O–H groups in total. The van der Waals surface area contributed by atoms with E-state index < -0.39 is 11.6 Å². The van der Waals surface area contributed by atoms with E-state index in [1.165, 1.54) is 6.07 Å². The molecular formula is C22H22F2O2. The largest absolute Gasteiger partial charge is 0.426 e. The van der Waals surface area contributed by atoms with Crippen molar-refractivity contribution in [3.05, 3.63) is 66.8 Å². The first-order chi connectivity index (χ1) is 12.6. The Kier molecular flexibility index (Phi) is 5.82. The Morgan fingerprint density at radius 2 is 1.65 bits per heavy atom. The van der Waals surface area contributed by atoms with Gasteiger partial charge in [0.05, 0.1) is 5.92 Å². The van der Waals surface area contributed by atoms with Crippen LogP contribution in [0.1, 0.15) is 32.1 Å². The highest BCUT2D eigenvalue weighted by Gasteiger charge is 2.27. The molecule has 0 aliphatic heterocycles. The van der Waals surface area contributed by atoms with Crippen LogP contribution in [0.15, 0.2) is 55.1 Å². The van der Waals surface area contributed by atoms with E-state index in [0.717, 1.165) is 49.8 Å². The van der Waals surface area contributed by atoms with Crippen molar-refractivity contribution in [3.63, 3.8) is 0 Å². The third kappa shape index (κ3) is 4.37. The lowest BCUT2D eigenvalue weighted by molar-refractivity contribution is -0.140. The number of halogens is 2. The normalized spacial score (nSPS) is 19.8. The van der Waals surface area contributed by atoms with Crippen LogP contribution in [0.2, 0.25) is 0 Å². The number of carbonyl (C=O) groups is 1. The molecule has 0 heterocycles. The summed E-state index contributed by atoms with van der Waals surface area (Å²) in [5.74, 6) is -0.904. The Hall–Kier alpha value is -2.49. The molecule has 1 fully saturated rings. The molecule has 1 saturated carbocycles. The van der Waals surface area contributed by atoms with Crippen molar-refractivity contribution in [2.45, 2.75) is 32.1 Å². The van der Waals surface area contributed by atoms with Gasteiger partial charge in [0.1, 0.15) is 5.75 Å². The molecule has 2 nitrogen and oxygen atoms in total. The minimum Gasteiger partial charge on any atom is -0.426 e. The Morgan fingerprint density at radius 1 is 1.00 bits per heavy atom. The summed E-state index contributed by atoms with van der Waals surface area (Å²) in [4.78, 5) is 12.3. The van der Waals surface area contributed by atoms with E-state index in [4.69, 9.17) is 4.74 Å². The highest BCUT2D eigenvalue weighted by Crippen LogP contribution is 2.32. The van der Waals surface area contributed by atoms with Gasteiger partial charge in [-0.2, -0.15) is 0 Å². The molecule has 136 valence electrons. The molecule has 26 heavy (non-hydrogen) atoms. The van der Waals surface area contributed by atoms with Gasteiger partial charge in [-0.1, -0.05) is 24.3 Å². The number of carbonyl (C=O) groups excluding carboxylic acids is 1. The number of hydrogen-bond donors (Lipinski definition) is 0. The molecule has 0 atom stereocenters. The van der Waals surface area contributed by atoms with Crippen LogP contribution >= 0.6 is 0 Å². The molecule has 0 aromatic heterocycles. The minimum atomic E-state index is -0.884. The number of hydrogen-bond acceptors (Lipinski definition) is 2. The smallest absolute Gasteiger partial charge is 0.314 e. The second-order valence-corrected chi connectivity index (χ2v) is 6.82. The fourth-order valence-corrected chi connectivity index (χ4v) is 3.46. The molecule has 0 unspecified atom stereocenters. The first kappa shape index (κ1) is 18.3. The molecule has 1 aliphatic rings. The predicted octanol–water partition coefficient (Wildman–Crippen LogP) is 5.92. The van der Waals surface area contributed by atoms with Crippen molar-refractivity contribution >= 4 is 5.97 Å². The molecule has 2 aromatic carbocycles. The van der Waals surface area contributed by atoms with Crippen LogP contribution in [-0.4, -0.2) is 5.97 Å². The van der Waals surface area contributed by atoms with Gasteiger partial charge in [-0.15, -0.1) is 6.58 Å². The fourth-order valence-electron chi connectivity index (χ4n) is 3.46. The van der Waals surface area contributed by atoms with Gasteiger partial charge < -0.3 is 4.74 Å². The third-order valence-corrected chi connectivity index (χ3v) is 5.01. The van der Waals surface area contributed by atoms with Gasteiger partial charge >= 0.3 is 5.97 Å². The van der Waals surface area contributed by atoms with E-state index in [1.54, 1.807) is 24.3 Å². The van der Waals surface area contributed by atoms with Crippen molar-refractivity contribution in [1.82, 2.24) is 0 Å².